The number of pyridine rings is 2. The summed E-state index contributed by atoms with van der Waals surface area (Å²) < 4.78 is 0. The van der Waals surface area contributed by atoms with E-state index in [0.717, 1.165) is 22.1 Å². The van der Waals surface area contributed by atoms with Crippen molar-refractivity contribution in [1.29, 1.82) is 0 Å². The summed E-state index contributed by atoms with van der Waals surface area (Å²) >= 11 is 1.59. The minimum atomic E-state index is 0.873. The fraction of sp³-hybridized carbons (Fsp3) is 0. The number of hydrogen-bond donors (Lipinski definition) is 0. The molecule has 0 fully saturated rings. The maximum atomic E-state index is 4.57. The summed E-state index contributed by atoms with van der Waals surface area (Å²) in [6.45, 7) is 0. The van der Waals surface area contributed by atoms with E-state index in [-0.39, 0.29) is 0 Å². The van der Waals surface area contributed by atoms with E-state index >= 15 is 0 Å². The SMILES string of the molecule is c1ccc(-c2cccc(-c3nccs3)n2)nc1. The molecule has 0 amide bonds. The maximum Gasteiger partial charge on any atom is 0.141 e. The first kappa shape index (κ1) is 10.1. The molecule has 0 saturated heterocycles. The van der Waals surface area contributed by atoms with Gasteiger partial charge in [0.15, 0.2) is 0 Å². The molecule has 0 radical (unpaired) electrons. The van der Waals surface area contributed by atoms with Crippen molar-refractivity contribution < 1.29 is 0 Å². The lowest BCUT2D eigenvalue weighted by molar-refractivity contribution is 1.24. The molecule has 0 saturated carbocycles. The highest BCUT2D eigenvalue weighted by Gasteiger charge is 2.05. The average molecular weight is 239 g/mol. The molecule has 0 aliphatic carbocycles. The van der Waals surface area contributed by atoms with E-state index in [0.29, 0.717) is 0 Å². The van der Waals surface area contributed by atoms with E-state index in [9.17, 15) is 0 Å². The van der Waals surface area contributed by atoms with E-state index in [4.69, 9.17) is 0 Å². The number of thiazole rings is 1. The Morgan fingerprint density at radius 2 is 1.65 bits per heavy atom. The largest absolute Gasteiger partial charge is 0.255 e. The highest BCUT2D eigenvalue weighted by Crippen LogP contribution is 2.22. The first-order valence-electron chi connectivity index (χ1n) is 5.22. The van der Waals surface area contributed by atoms with Gasteiger partial charge in [-0.05, 0) is 24.3 Å². The van der Waals surface area contributed by atoms with Gasteiger partial charge < -0.3 is 0 Å². The minimum Gasteiger partial charge on any atom is -0.255 e. The maximum absolute atomic E-state index is 4.57. The molecular formula is C13H9N3S. The van der Waals surface area contributed by atoms with Crippen LogP contribution in [0.3, 0.4) is 0 Å². The Labute approximate surface area is 103 Å². The van der Waals surface area contributed by atoms with Crippen molar-refractivity contribution in [2.45, 2.75) is 0 Å². The van der Waals surface area contributed by atoms with Crippen LogP contribution in [0.25, 0.3) is 22.1 Å². The molecule has 3 heterocycles. The van der Waals surface area contributed by atoms with Gasteiger partial charge in [-0.25, -0.2) is 9.97 Å². The quantitative estimate of drug-likeness (QED) is 0.689. The summed E-state index contributed by atoms with van der Waals surface area (Å²) in [6.07, 6.45) is 3.56. The van der Waals surface area contributed by atoms with E-state index < -0.39 is 0 Å². The van der Waals surface area contributed by atoms with Crippen molar-refractivity contribution in [3.8, 4) is 22.1 Å². The average Bonchev–Trinajstić information content (AvgIpc) is 2.94. The molecule has 0 bridgehead atoms. The van der Waals surface area contributed by atoms with Gasteiger partial charge in [0.25, 0.3) is 0 Å². The number of nitrogens with zero attached hydrogens (tertiary/aromatic N) is 3. The highest BCUT2D eigenvalue weighted by atomic mass is 32.1. The monoisotopic (exact) mass is 239 g/mol. The van der Waals surface area contributed by atoms with Crippen LogP contribution in [0.2, 0.25) is 0 Å². The smallest absolute Gasteiger partial charge is 0.141 e. The molecular weight excluding hydrogens is 230 g/mol. The molecule has 0 N–H and O–H groups in total. The summed E-state index contributed by atoms with van der Waals surface area (Å²) in [5.74, 6) is 0. The standard InChI is InChI=1S/C13H9N3S/c1-2-7-14-10(4-1)11-5-3-6-12(16-11)13-15-8-9-17-13/h1-9H. The third-order valence-corrected chi connectivity index (χ3v) is 3.12. The zero-order valence-corrected chi connectivity index (χ0v) is 9.76. The second kappa shape index (κ2) is 4.43. The van der Waals surface area contributed by atoms with Crippen LogP contribution >= 0.6 is 11.3 Å². The number of hydrogen-bond acceptors (Lipinski definition) is 4. The van der Waals surface area contributed by atoms with Crippen LogP contribution in [0.15, 0.2) is 54.2 Å². The van der Waals surface area contributed by atoms with Crippen LogP contribution in [0.4, 0.5) is 0 Å². The fourth-order valence-electron chi connectivity index (χ4n) is 1.56. The third-order valence-electron chi connectivity index (χ3n) is 2.33. The molecule has 3 aromatic heterocycles. The molecule has 0 aliphatic heterocycles. The molecule has 82 valence electrons. The lowest BCUT2D eigenvalue weighted by atomic mass is 10.2. The summed E-state index contributed by atoms with van der Waals surface area (Å²) in [5, 5.41) is 2.88. The lowest BCUT2D eigenvalue weighted by Gasteiger charge is -2.01. The summed E-state index contributed by atoms with van der Waals surface area (Å²) in [5.41, 5.74) is 2.65. The second-order valence-corrected chi connectivity index (χ2v) is 4.35. The van der Waals surface area contributed by atoms with Crippen LogP contribution in [-0.2, 0) is 0 Å². The molecule has 0 atom stereocenters. The third kappa shape index (κ3) is 2.07. The normalized spacial score (nSPS) is 10.4. The van der Waals surface area contributed by atoms with Gasteiger partial charge >= 0.3 is 0 Å². The van der Waals surface area contributed by atoms with Crippen LogP contribution in [0.5, 0.6) is 0 Å². The number of rotatable bonds is 2. The van der Waals surface area contributed by atoms with E-state index in [1.807, 2.05) is 41.8 Å². The Kier molecular flexibility index (Phi) is 2.63. The van der Waals surface area contributed by atoms with E-state index in [2.05, 4.69) is 15.0 Å². The van der Waals surface area contributed by atoms with Gasteiger partial charge in [0.1, 0.15) is 5.01 Å². The molecule has 3 aromatic rings. The van der Waals surface area contributed by atoms with Gasteiger partial charge in [0.2, 0.25) is 0 Å². The summed E-state index contributed by atoms with van der Waals surface area (Å²) in [4.78, 5) is 13.1. The Balaban J connectivity index is 2.06. The van der Waals surface area contributed by atoms with Crippen LogP contribution in [0, 0.1) is 0 Å². The summed E-state index contributed by atoms with van der Waals surface area (Å²) in [6, 6.07) is 11.7. The zero-order chi connectivity index (χ0) is 11.5. The van der Waals surface area contributed by atoms with Crippen LogP contribution < -0.4 is 0 Å². The van der Waals surface area contributed by atoms with Gasteiger partial charge in [0.05, 0.1) is 17.1 Å². The molecule has 3 rings (SSSR count). The fourth-order valence-corrected chi connectivity index (χ4v) is 2.17. The molecule has 4 heteroatoms. The Bertz CT molecular complexity index is 606. The summed E-state index contributed by atoms with van der Waals surface area (Å²) in [7, 11) is 0. The predicted molar refractivity (Wildman–Crippen MR) is 68.6 cm³/mol. The molecule has 0 unspecified atom stereocenters. The van der Waals surface area contributed by atoms with Crippen molar-refractivity contribution in [1.82, 2.24) is 15.0 Å². The molecule has 0 aliphatic rings. The highest BCUT2D eigenvalue weighted by molar-refractivity contribution is 7.13. The Morgan fingerprint density at radius 1 is 0.765 bits per heavy atom. The van der Waals surface area contributed by atoms with Gasteiger partial charge in [0, 0.05) is 17.8 Å². The first-order chi connectivity index (χ1) is 8.43. The molecule has 0 spiro atoms. The number of aromatic nitrogens is 3. The van der Waals surface area contributed by atoms with E-state index in [1.54, 1.807) is 23.7 Å². The van der Waals surface area contributed by atoms with E-state index in [1.165, 1.54) is 0 Å². The molecule has 0 aromatic carbocycles. The van der Waals surface area contributed by atoms with Crippen molar-refractivity contribution in [3.63, 3.8) is 0 Å². The van der Waals surface area contributed by atoms with Crippen LogP contribution in [-0.4, -0.2) is 15.0 Å². The van der Waals surface area contributed by atoms with Crippen molar-refractivity contribution >= 4 is 11.3 Å². The second-order valence-electron chi connectivity index (χ2n) is 3.46. The lowest BCUT2D eigenvalue weighted by Crippen LogP contribution is -1.88. The topological polar surface area (TPSA) is 38.7 Å². The Morgan fingerprint density at radius 3 is 2.41 bits per heavy atom. The van der Waals surface area contributed by atoms with Gasteiger partial charge in [-0.15, -0.1) is 11.3 Å². The van der Waals surface area contributed by atoms with Crippen molar-refractivity contribution in [2.24, 2.45) is 0 Å². The van der Waals surface area contributed by atoms with Gasteiger partial charge in [-0.3, -0.25) is 4.98 Å². The van der Waals surface area contributed by atoms with Gasteiger partial charge in [-0.2, -0.15) is 0 Å². The first-order valence-corrected chi connectivity index (χ1v) is 6.10. The van der Waals surface area contributed by atoms with Gasteiger partial charge in [-0.1, -0.05) is 12.1 Å². The zero-order valence-electron chi connectivity index (χ0n) is 8.95. The Hall–Kier alpha value is -2.07. The minimum absolute atomic E-state index is 0.873. The van der Waals surface area contributed by atoms with Crippen molar-refractivity contribution in [3.05, 3.63) is 54.2 Å². The van der Waals surface area contributed by atoms with Crippen molar-refractivity contribution in [2.75, 3.05) is 0 Å². The molecule has 3 nitrogen and oxygen atoms in total. The van der Waals surface area contributed by atoms with Crippen LogP contribution in [0.1, 0.15) is 0 Å². The molecule has 17 heavy (non-hydrogen) atoms. The predicted octanol–water partition coefficient (Wildman–Crippen LogP) is 3.27.